The average molecular weight is 303 g/mol. The summed E-state index contributed by atoms with van der Waals surface area (Å²) in [7, 11) is 0. The van der Waals surface area contributed by atoms with Crippen LogP contribution in [0.2, 0.25) is 0 Å². The first-order valence-electron chi connectivity index (χ1n) is 7.44. The van der Waals surface area contributed by atoms with E-state index in [9.17, 15) is 4.79 Å². The van der Waals surface area contributed by atoms with E-state index in [4.69, 9.17) is 5.73 Å². The Hall–Kier alpha value is -1.62. The Morgan fingerprint density at radius 1 is 1.48 bits per heavy atom. The Bertz CT molecular complexity index is 703. The molecule has 3 N–H and O–H groups in total. The van der Waals surface area contributed by atoms with Crippen LogP contribution in [0, 0.1) is 19.8 Å². The maximum atomic E-state index is 12.5. The lowest BCUT2D eigenvalue weighted by molar-refractivity contribution is 0.0914. The smallest absolute Gasteiger partial charge is 0.263 e. The monoisotopic (exact) mass is 303 g/mol. The number of hydrogen-bond donors (Lipinski definition) is 2. The minimum atomic E-state index is -0.0630. The summed E-state index contributed by atoms with van der Waals surface area (Å²) in [5, 5.41) is 4.02. The predicted molar refractivity (Wildman–Crippen MR) is 87.8 cm³/mol. The summed E-state index contributed by atoms with van der Waals surface area (Å²) >= 11 is 1.39. The highest BCUT2D eigenvalue weighted by Crippen LogP contribution is 2.35. The van der Waals surface area contributed by atoms with Gasteiger partial charge >= 0.3 is 0 Å². The third-order valence-corrected chi connectivity index (χ3v) is 5.54. The molecule has 1 aliphatic rings. The van der Waals surface area contributed by atoms with Gasteiger partial charge in [0.15, 0.2) is 0 Å². The average Bonchev–Trinajstić information content (AvgIpc) is 2.63. The van der Waals surface area contributed by atoms with Gasteiger partial charge in [0.05, 0.1) is 5.69 Å². The van der Waals surface area contributed by atoms with E-state index in [0.29, 0.717) is 16.5 Å². The van der Waals surface area contributed by atoms with E-state index < -0.39 is 0 Å². The lowest BCUT2D eigenvalue weighted by Crippen LogP contribution is -2.40. The van der Waals surface area contributed by atoms with Gasteiger partial charge in [-0.25, -0.2) is 4.98 Å². The van der Waals surface area contributed by atoms with Crippen molar-refractivity contribution in [2.75, 3.05) is 5.73 Å². The highest BCUT2D eigenvalue weighted by molar-refractivity contribution is 7.21. The zero-order chi connectivity index (χ0) is 15.1. The number of carbonyl (C=O) groups excluding carboxylic acids is 1. The molecule has 0 spiro atoms. The summed E-state index contributed by atoms with van der Waals surface area (Å²) in [4.78, 5) is 18.4. The van der Waals surface area contributed by atoms with E-state index in [0.717, 1.165) is 21.5 Å². The first-order chi connectivity index (χ1) is 9.97. The lowest BCUT2D eigenvalue weighted by atomic mass is 9.80. The molecular weight excluding hydrogens is 282 g/mol. The summed E-state index contributed by atoms with van der Waals surface area (Å²) in [6.07, 6.45) is 3.70. The van der Waals surface area contributed by atoms with Gasteiger partial charge in [-0.05, 0) is 51.2 Å². The molecule has 0 bridgehead atoms. The van der Waals surface area contributed by atoms with Crippen molar-refractivity contribution in [2.45, 2.75) is 46.1 Å². The Labute approximate surface area is 128 Å². The molecule has 21 heavy (non-hydrogen) atoms. The SMILES string of the molecule is Cc1cc(C)c2c(N)c(C(=O)NC(C)C3CCC3)sc2n1. The van der Waals surface area contributed by atoms with Crippen molar-refractivity contribution in [3.63, 3.8) is 0 Å². The Balaban J connectivity index is 1.91. The number of fused-ring (bicyclic) bond motifs is 1. The maximum absolute atomic E-state index is 12.5. The van der Waals surface area contributed by atoms with Crippen LogP contribution in [0.5, 0.6) is 0 Å². The molecule has 3 rings (SSSR count). The molecule has 1 saturated carbocycles. The number of rotatable bonds is 3. The highest BCUT2D eigenvalue weighted by atomic mass is 32.1. The van der Waals surface area contributed by atoms with Crippen molar-refractivity contribution >= 4 is 33.1 Å². The van der Waals surface area contributed by atoms with E-state index in [1.165, 1.54) is 30.6 Å². The molecule has 0 radical (unpaired) electrons. The quantitative estimate of drug-likeness (QED) is 0.913. The number of aryl methyl sites for hydroxylation is 2. The molecule has 1 fully saturated rings. The number of aromatic nitrogens is 1. The number of hydrogen-bond acceptors (Lipinski definition) is 4. The summed E-state index contributed by atoms with van der Waals surface area (Å²) in [5.74, 6) is 0.554. The first kappa shape index (κ1) is 14.3. The van der Waals surface area contributed by atoms with Gasteiger partial charge in [-0.2, -0.15) is 0 Å². The van der Waals surface area contributed by atoms with E-state index in [1.54, 1.807) is 0 Å². The second-order valence-corrected chi connectivity index (χ2v) is 7.06. The molecule has 112 valence electrons. The predicted octanol–water partition coefficient (Wildman–Crippen LogP) is 3.41. The number of nitrogen functional groups attached to an aromatic ring is 1. The van der Waals surface area contributed by atoms with Crippen molar-refractivity contribution < 1.29 is 4.79 Å². The Morgan fingerprint density at radius 3 is 2.81 bits per heavy atom. The van der Waals surface area contributed by atoms with Crippen molar-refractivity contribution in [1.82, 2.24) is 10.3 Å². The van der Waals surface area contributed by atoms with Crippen LogP contribution in [0.3, 0.4) is 0 Å². The summed E-state index contributed by atoms with van der Waals surface area (Å²) in [5.41, 5.74) is 8.80. The van der Waals surface area contributed by atoms with Crippen LogP contribution in [-0.2, 0) is 0 Å². The molecule has 1 unspecified atom stereocenters. The maximum Gasteiger partial charge on any atom is 0.263 e. The van der Waals surface area contributed by atoms with E-state index in [1.807, 2.05) is 19.9 Å². The Kier molecular flexibility index (Phi) is 3.61. The highest BCUT2D eigenvalue weighted by Gasteiger charge is 2.27. The Morgan fingerprint density at radius 2 is 2.19 bits per heavy atom. The van der Waals surface area contributed by atoms with Gasteiger partial charge in [0.2, 0.25) is 0 Å². The van der Waals surface area contributed by atoms with Crippen LogP contribution >= 0.6 is 11.3 Å². The fourth-order valence-electron chi connectivity index (χ4n) is 2.97. The molecule has 0 saturated heterocycles. The molecule has 1 atom stereocenters. The molecule has 5 heteroatoms. The number of thiophene rings is 1. The number of anilines is 1. The molecule has 2 aromatic heterocycles. The molecule has 4 nitrogen and oxygen atoms in total. The van der Waals surface area contributed by atoms with Gasteiger partial charge in [0, 0.05) is 17.1 Å². The normalized spacial score (nSPS) is 16.7. The second-order valence-electron chi connectivity index (χ2n) is 6.06. The number of nitrogens with zero attached hydrogens (tertiary/aromatic N) is 1. The zero-order valence-electron chi connectivity index (χ0n) is 12.7. The van der Waals surface area contributed by atoms with Crippen LogP contribution in [0.1, 0.15) is 47.1 Å². The first-order valence-corrected chi connectivity index (χ1v) is 8.26. The molecule has 1 aliphatic carbocycles. The number of pyridine rings is 1. The summed E-state index contributed by atoms with van der Waals surface area (Å²) in [6.45, 7) is 6.05. The van der Waals surface area contributed by atoms with E-state index >= 15 is 0 Å². The third kappa shape index (κ3) is 2.50. The number of nitrogens with one attached hydrogen (secondary N) is 1. The second kappa shape index (κ2) is 5.30. The van der Waals surface area contributed by atoms with E-state index in [-0.39, 0.29) is 11.9 Å². The molecule has 0 aliphatic heterocycles. The zero-order valence-corrected chi connectivity index (χ0v) is 13.5. The van der Waals surface area contributed by atoms with Crippen molar-refractivity contribution in [2.24, 2.45) is 5.92 Å². The van der Waals surface area contributed by atoms with Gasteiger partial charge < -0.3 is 11.1 Å². The summed E-state index contributed by atoms with van der Waals surface area (Å²) in [6, 6.07) is 2.22. The van der Waals surface area contributed by atoms with Gasteiger partial charge in [0.25, 0.3) is 5.91 Å². The standard InChI is InChI=1S/C16H21N3OS/c1-8-7-9(2)18-16-12(8)13(17)14(21-16)15(20)19-10(3)11-5-4-6-11/h7,10-11H,4-6,17H2,1-3H3,(H,19,20). The molecule has 2 heterocycles. The van der Waals surface area contributed by atoms with Gasteiger partial charge in [-0.3, -0.25) is 4.79 Å². The third-order valence-electron chi connectivity index (χ3n) is 4.45. The van der Waals surface area contributed by atoms with Gasteiger partial charge in [-0.15, -0.1) is 11.3 Å². The minimum absolute atomic E-state index is 0.0630. The molecular formula is C16H21N3OS. The van der Waals surface area contributed by atoms with E-state index in [2.05, 4.69) is 17.2 Å². The number of nitrogens with two attached hydrogens (primary N) is 1. The lowest BCUT2D eigenvalue weighted by Gasteiger charge is -2.31. The van der Waals surface area contributed by atoms with Crippen LogP contribution in [0.4, 0.5) is 5.69 Å². The van der Waals surface area contributed by atoms with Gasteiger partial charge in [0.1, 0.15) is 9.71 Å². The van der Waals surface area contributed by atoms with Crippen LogP contribution in [0.15, 0.2) is 6.07 Å². The topological polar surface area (TPSA) is 68.0 Å². The van der Waals surface area contributed by atoms with Crippen molar-refractivity contribution in [3.8, 4) is 0 Å². The van der Waals surface area contributed by atoms with Crippen molar-refractivity contribution in [3.05, 3.63) is 22.2 Å². The van der Waals surface area contributed by atoms with Gasteiger partial charge in [-0.1, -0.05) is 6.42 Å². The van der Waals surface area contributed by atoms with Crippen LogP contribution in [0.25, 0.3) is 10.2 Å². The summed E-state index contributed by atoms with van der Waals surface area (Å²) < 4.78 is 0. The molecule has 1 amide bonds. The fourth-order valence-corrected chi connectivity index (χ4v) is 4.09. The minimum Gasteiger partial charge on any atom is -0.397 e. The van der Waals surface area contributed by atoms with Crippen molar-refractivity contribution in [1.29, 1.82) is 0 Å². The number of amides is 1. The fraction of sp³-hybridized carbons (Fsp3) is 0.500. The van der Waals surface area contributed by atoms with Crippen LogP contribution < -0.4 is 11.1 Å². The number of carbonyl (C=O) groups is 1. The van der Waals surface area contributed by atoms with Crippen LogP contribution in [-0.4, -0.2) is 16.9 Å². The molecule has 2 aromatic rings. The largest absolute Gasteiger partial charge is 0.397 e. The molecule has 0 aromatic carbocycles.